The second-order valence-corrected chi connectivity index (χ2v) is 6.18. The normalized spacial score (nSPS) is 23.5. The van der Waals surface area contributed by atoms with E-state index in [1.54, 1.807) is 4.90 Å². The van der Waals surface area contributed by atoms with E-state index in [1.807, 2.05) is 0 Å². The van der Waals surface area contributed by atoms with E-state index in [4.69, 9.17) is 16.3 Å². The number of hydrogen-bond acceptors (Lipinski definition) is 3. The van der Waals surface area contributed by atoms with Crippen molar-refractivity contribution in [1.82, 2.24) is 10.2 Å². The minimum Gasteiger partial charge on any atom is -0.374 e. The fraction of sp³-hybridized carbons (Fsp3) is 0.500. The SMILES string of the molecule is O=C(NCC(=O)N1CCO[C@H]2CCC[C@@H]21)c1c(F)cccc1Cl. The van der Waals surface area contributed by atoms with E-state index in [-0.39, 0.29) is 35.2 Å². The zero-order valence-electron chi connectivity index (χ0n) is 12.6. The molecule has 0 unspecified atom stereocenters. The number of rotatable bonds is 3. The van der Waals surface area contributed by atoms with Gasteiger partial charge in [0.15, 0.2) is 0 Å². The van der Waals surface area contributed by atoms with Crippen LogP contribution in [0.5, 0.6) is 0 Å². The molecule has 124 valence electrons. The minimum atomic E-state index is -0.704. The third kappa shape index (κ3) is 3.33. The van der Waals surface area contributed by atoms with Crippen LogP contribution in [0.25, 0.3) is 0 Å². The van der Waals surface area contributed by atoms with E-state index in [9.17, 15) is 14.0 Å². The van der Waals surface area contributed by atoms with Gasteiger partial charge in [0.25, 0.3) is 5.91 Å². The number of fused-ring (bicyclic) bond motifs is 1. The second-order valence-electron chi connectivity index (χ2n) is 5.77. The van der Waals surface area contributed by atoms with Gasteiger partial charge in [-0.25, -0.2) is 4.39 Å². The third-order valence-corrected chi connectivity index (χ3v) is 4.71. The van der Waals surface area contributed by atoms with E-state index >= 15 is 0 Å². The molecule has 1 saturated carbocycles. The molecule has 5 nitrogen and oxygen atoms in total. The monoisotopic (exact) mass is 340 g/mol. The molecule has 0 bridgehead atoms. The van der Waals surface area contributed by atoms with Crippen molar-refractivity contribution in [2.45, 2.75) is 31.4 Å². The molecule has 1 heterocycles. The van der Waals surface area contributed by atoms with E-state index in [0.29, 0.717) is 13.2 Å². The van der Waals surface area contributed by atoms with Crippen LogP contribution in [0.4, 0.5) is 4.39 Å². The molecule has 3 rings (SSSR count). The van der Waals surface area contributed by atoms with Gasteiger partial charge in [-0.1, -0.05) is 17.7 Å². The summed E-state index contributed by atoms with van der Waals surface area (Å²) in [5.41, 5.74) is -0.234. The van der Waals surface area contributed by atoms with Crippen LogP contribution in [0.3, 0.4) is 0 Å². The molecule has 1 aliphatic carbocycles. The van der Waals surface area contributed by atoms with Crippen molar-refractivity contribution in [3.63, 3.8) is 0 Å². The van der Waals surface area contributed by atoms with E-state index < -0.39 is 11.7 Å². The van der Waals surface area contributed by atoms with Gasteiger partial charge in [0, 0.05) is 6.54 Å². The summed E-state index contributed by atoms with van der Waals surface area (Å²) < 4.78 is 19.4. The summed E-state index contributed by atoms with van der Waals surface area (Å²) in [6.07, 6.45) is 3.02. The Hall–Kier alpha value is -1.66. The van der Waals surface area contributed by atoms with Crippen LogP contribution >= 0.6 is 11.6 Å². The Kier molecular flexibility index (Phi) is 4.82. The van der Waals surface area contributed by atoms with Gasteiger partial charge >= 0.3 is 0 Å². The fourth-order valence-electron chi connectivity index (χ4n) is 3.30. The van der Waals surface area contributed by atoms with Gasteiger partial charge in [-0.05, 0) is 31.4 Å². The van der Waals surface area contributed by atoms with Crippen LogP contribution < -0.4 is 5.32 Å². The number of benzene rings is 1. The zero-order valence-corrected chi connectivity index (χ0v) is 13.3. The highest BCUT2D eigenvalue weighted by Gasteiger charge is 2.38. The minimum absolute atomic E-state index is 0.0252. The maximum atomic E-state index is 13.7. The molecule has 0 spiro atoms. The van der Waals surface area contributed by atoms with Crippen LogP contribution in [0.15, 0.2) is 18.2 Å². The Morgan fingerprint density at radius 2 is 2.22 bits per heavy atom. The number of halogens is 2. The Morgan fingerprint density at radius 1 is 1.39 bits per heavy atom. The summed E-state index contributed by atoms with van der Waals surface area (Å²) in [5.74, 6) is -1.56. The van der Waals surface area contributed by atoms with Crippen molar-refractivity contribution in [1.29, 1.82) is 0 Å². The first-order valence-corrected chi connectivity index (χ1v) is 8.09. The first-order chi connectivity index (χ1) is 11.1. The van der Waals surface area contributed by atoms with E-state index in [1.165, 1.54) is 12.1 Å². The molecular formula is C16H18ClFN2O3. The smallest absolute Gasteiger partial charge is 0.256 e. The standard InChI is InChI=1S/C16H18ClFN2O3/c17-10-3-1-4-11(18)15(10)16(22)19-9-14(21)20-7-8-23-13-6-2-5-12(13)20/h1,3-4,12-13H,2,5-9H2,(H,19,22)/t12-,13-/m0/s1. The maximum absolute atomic E-state index is 13.7. The molecule has 1 aromatic rings. The van der Waals surface area contributed by atoms with Gasteiger partial charge in [0.1, 0.15) is 5.82 Å². The lowest BCUT2D eigenvalue weighted by atomic mass is 10.1. The number of nitrogens with one attached hydrogen (secondary N) is 1. The highest BCUT2D eigenvalue weighted by molar-refractivity contribution is 6.33. The Bertz CT molecular complexity index is 605. The topological polar surface area (TPSA) is 58.6 Å². The maximum Gasteiger partial charge on any atom is 0.256 e. The summed E-state index contributed by atoms with van der Waals surface area (Å²) in [6.45, 7) is 0.864. The number of carbonyl (C=O) groups excluding carboxylic acids is 2. The number of carbonyl (C=O) groups is 2. The fourth-order valence-corrected chi connectivity index (χ4v) is 3.54. The molecule has 1 aromatic carbocycles. The van der Waals surface area contributed by atoms with Crippen molar-refractivity contribution in [3.05, 3.63) is 34.6 Å². The molecule has 2 fully saturated rings. The number of morpholine rings is 1. The van der Waals surface area contributed by atoms with Gasteiger partial charge < -0.3 is 15.0 Å². The average Bonchev–Trinajstić information content (AvgIpc) is 3.00. The van der Waals surface area contributed by atoms with Gasteiger partial charge in [-0.15, -0.1) is 0 Å². The van der Waals surface area contributed by atoms with Crippen LogP contribution in [-0.4, -0.2) is 48.6 Å². The number of amides is 2. The molecular weight excluding hydrogens is 323 g/mol. The van der Waals surface area contributed by atoms with Crippen molar-refractivity contribution < 1.29 is 18.7 Å². The van der Waals surface area contributed by atoms with Crippen molar-refractivity contribution in [2.75, 3.05) is 19.7 Å². The first-order valence-electron chi connectivity index (χ1n) is 7.71. The molecule has 1 saturated heterocycles. The highest BCUT2D eigenvalue weighted by atomic mass is 35.5. The number of nitrogens with zero attached hydrogens (tertiary/aromatic N) is 1. The first kappa shape index (κ1) is 16.2. The Morgan fingerprint density at radius 3 is 3.00 bits per heavy atom. The number of hydrogen-bond donors (Lipinski definition) is 1. The third-order valence-electron chi connectivity index (χ3n) is 4.39. The summed E-state index contributed by atoms with van der Waals surface area (Å²) in [6, 6.07) is 4.11. The zero-order chi connectivity index (χ0) is 16.4. The van der Waals surface area contributed by atoms with E-state index in [2.05, 4.69) is 5.32 Å². The van der Waals surface area contributed by atoms with Crippen molar-refractivity contribution in [3.8, 4) is 0 Å². The lowest BCUT2D eigenvalue weighted by Crippen LogP contribution is -2.53. The van der Waals surface area contributed by atoms with Gasteiger partial charge in [0.2, 0.25) is 5.91 Å². The predicted octanol–water partition coefficient (Wildman–Crippen LogP) is 1.99. The second kappa shape index (κ2) is 6.84. The van der Waals surface area contributed by atoms with Crippen LogP contribution in [0.1, 0.15) is 29.6 Å². The Labute approximate surface area is 138 Å². The highest BCUT2D eigenvalue weighted by Crippen LogP contribution is 2.29. The molecule has 2 amide bonds. The van der Waals surface area contributed by atoms with Gasteiger partial charge in [-0.2, -0.15) is 0 Å². The van der Waals surface area contributed by atoms with Crippen LogP contribution in [0, 0.1) is 5.82 Å². The number of ether oxygens (including phenoxy) is 1. The molecule has 2 aliphatic rings. The molecule has 2 atom stereocenters. The van der Waals surface area contributed by atoms with Crippen LogP contribution in [0.2, 0.25) is 5.02 Å². The molecule has 0 aromatic heterocycles. The predicted molar refractivity (Wildman–Crippen MR) is 82.8 cm³/mol. The van der Waals surface area contributed by atoms with Gasteiger partial charge in [0.05, 0.1) is 35.9 Å². The summed E-state index contributed by atoms with van der Waals surface area (Å²) in [4.78, 5) is 26.2. The van der Waals surface area contributed by atoms with Crippen LogP contribution in [-0.2, 0) is 9.53 Å². The molecule has 1 N–H and O–H groups in total. The molecule has 0 radical (unpaired) electrons. The summed E-state index contributed by atoms with van der Waals surface area (Å²) in [7, 11) is 0. The Balaban J connectivity index is 1.61. The largest absolute Gasteiger partial charge is 0.374 e. The van der Waals surface area contributed by atoms with E-state index in [0.717, 1.165) is 25.3 Å². The quantitative estimate of drug-likeness (QED) is 0.915. The summed E-state index contributed by atoms with van der Waals surface area (Å²) in [5, 5.41) is 2.49. The van der Waals surface area contributed by atoms with Crippen molar-refractivity contribution >= 4 is 23.4 Å². The average molecular weight is 341 g/mol. The lowest BCUT2D eigenvalue weighted by Gasteiger charge is -2.37. The molecule has 23 heavy (non-hydrogen) atoms. The molecule has 1 aliphatic heterocycles. The van der Waals surface area contributed by atoms with Crippen molar-refractivity contribution in [2.24, 2.45) is 0 Å². The van der Waals surface area contributed by atoms with Gasteiger partial charge in [-0.3, -0.25) is 9.59 Å². The molecule has 7 heteroatoms. The lowest BCUT2D eigenvalue weighted by molar-refractivity contribution is -0.142. The summed E-state index contributed by atoms with van der Waals surface area (Å²) >= 11 is 5.85.